The topological polar surface area (TPSA) is 55.2 Å². The van der Waals surface area contributed by atoms with Crippen LogP contribution in [-0.4, -0.2) is 11.5 Å². The molecule has 1 aromatic rings. The predicted octanol–water partition coefficient (Wildman–Crippen LogP) is 3.41. The Hall–Kier alpha value is -1.20. The summed E-state index contributed by atoms with van der Waals surface area (Å²) < 4.78 is 0.551. The van der Waals surface area contributed by atoms with E-state index in [9.17, 15) is 10.1 Å². The molecule has 1 rings (SSSR count). The zero-order valence-corrected chi connectivity index (χ0v) is 11.5. The molecule has 0 radical (unpaired) electrons. The molecule has 0 saturated carbocycles. The summed E-state index contributed by atoms with van der Waals surface area (Å²) in [6.07, 6.45) is 2.07. The molecule has 0 bridgehead atoms. The van der Waals surface area contributed by atoms with Gasteiger partial charge in [-0.15, -0.1) is 0 Å². The molecule has 17 heavy (non-hydrogen) atoms. The van der Waals surface area contributed by atoms with Crippen molar-refractivity contribution in [3.63, 3.8) is 0 Å². The quantitative estimate of drug-likeness (QED) is 0.392. The van der Waals surface area contributed by atoms with Gasteiger partial charge in [-0.2, -0.15) is 0 Å². The van der Waals surface area contributed by atoms with E-state index in [0.717, 1.165) is 12.1 Å². The van der Waals surface area contributed by atoms with Gasteiger partial charge in [0.25, 0.3) is 5.69 Å². The Kier molecular flexibility index (Phi) is 5.31. The maximum Gasteiger partial charge on any atom is 0.283 e. The van der Waals surface area contributed by atoms with Crippen molar-refractivity contribution in [1.29, 1.82) is 0 Å². The van der Waals surface area contributed by atoms with Crippen molar-refractivity contribution in [2.24, 2.45) is 0 Å². The van der Waals surface area contributed by atoms with Gasteiger partial charge in [0.05, 0.1) is 9.40 Å². The van der Waals surface area contributed by atoms with E-state index in [1.54, 1.807) is 6.07 Å². The molecule has 92 valence electrons. The summed E-state index contributed by atoms with van der Waals surface area (Å²) in [4.78, 5) is 10.4. The van der Waals surface area contributed by atoms with Crippen LogP contribution in [0.3, 0.4) is 0 Å². The number of hydrogen-bond donors (Lipinski definition) is 1. The second kappa shape index (κ2) is 6.51. The van der Waals surface area contributed by atoms with E-state index < -0.39 is 0 Å². The van der Waals surface area contributed by atoms with E-state index in [1.807, 2.05) is 19.9 Å². The lowest BCUT2D eigenvalue weighted by Crippen LogP contribution is -2.13. The van der Waals surface area contributed by atoms with Crippen molar-refractivity contribution in [2.45, 2.75) is 20.4 Å². The number of nitro benzene ring substituents is 1. The molecule has 0 heterocycles. The van der Waals surface area contributed by atoms with Crippen molar-refractivity contribution in [3.8, 4) is 0 Å². The standard InChI is InChI=1S/C12H15BrN2O2/c1-9(2)6-7-14-8-10-4-3-5-11(12(10)13)15(16)17/h3-6,14H,7-8H2,1-2H3. The molecule has 5 heteroatoms. The number of nitro groups is 1. The Bertz CT molecular complexity index is 440. The third-order valence-corrected chi connectivity index (χ3v) is 3.14. The summed E-state index contributed by atoms with van der Waals surface area (Å²) in [7, 11) is 0. The van der Waals surface area contributed by atoms with E-state index >= 15 is 0 Å². The molecule has 0 amide bonds. The number of nitrogens with zero attached hydrogens (tertiary/aromatic N) is 1. The summed E-state index contributed by atoms with van der Waals surface area (Å²) in [6, 6.07) is 5.05. The Morgan fingerprint density at radius 3 is 2.82 bits per heavy atom. The normalized spacial score (nSPS) is 10.1. The van der Waals surface area contributed by atoms with Crippen molar-refractivity contribution >= 4 is 21.6 Å². The third-order valence-electron chi connectivity index (χ3n) is 2.23. The van der Waals surface area contributed by atoms with Crippen LogP contribution in [0.4, 0.5) is 5.69 Å². The van der Waals surface area contributed by atoms with Crippen LogP contribution >= 0.6 is 15.9 Å². The van der Waals surface area contributed by atoms with E-state index in [4.69, 9.17) is 0 Å². The molecule has 0 aromatic heterocycles. The summed E-state index contributed by atoms with van der Waals surface area (Å²) in [5, 5.41) is 13.9. The summed E-state index contributed by atoms with van der Waals surface area (Å²) in [6.45, 7) is 5.43. The Balaban J connectivity index is 2.69. The van der Waals surface area contributed by atoms with Crippen LogP contribution in [0.1, 0.15) is 19.4 Å². The lowest BCUT2D eigenvalue weighted by Gasteiger charge is -2.05. The fourth-order valence-corrected chi connectivity index (χ4v) is 1.88. The van der Waals surface area contributed by atoms with E-state index in [2.05, 4.69) is 27.3 Å². The molecule has 1 N–H and O–H groups in total. The predicted molar refractivity (Wildman–Crippen MR) is 71.9 cm³/mol. The van der Waals surface area contributed by atoms with Crippen LogP contribution in [0, 0.1) is 10.1 Å². The average molecular weight is 299 g/mol. The first-order valence-corrected chi connectivity index (χ1v) is 6.07. The van der Waals surface area contributed by atoms with Gasteiger partial charge in [0, 0.05) is 19.2 Å². The smallest absolute Gasteiger partial charge is 0.283 e. The van der Waals surface area contributed by atoms with Crippen molar-refractivity contribution in [2.75, 3.05) is 6.54 Å². The maximum atomic E-state index is 10.7. The molecule has 4 nitrogen and oxygen atoms in total. The molecule has 1 aromatic carbocycles. The van der Waals surface area contributed by atoms with Gasteiger partial charge in [-0.1, -0.05) is 23.8 Å². The SMILES string of the molecule is CC(C)=CCNCc1cccc([N+](=O)[O-])c1Br. The highest BCUT2D eigenvalue weighted by Crippen LogP contribution is 2.27. The van der Waals surface area contributed by atoms with Crippen LogP contribution in [0.15, 0.2) is 34.3 Å². The lowest BCUT2D eigenvalue weighted by atomic mass is 10.2. The molecule has 0 spiro atoms. The monoisotopic (exact) mass is 298 g/mol. The Morgan fingerprint density at radius 1 is 1.53 bits per heavy atom. The highest BCUT2D eigenvalue weighted by Gasteiger charge is 2.13. The van der Waals surface area contributed by atoms with Crippen LogP contribution in [-0.2, 0) is 6.54 Å². The van der Waals surface area contributed by atoms with Crippen LogP contribution in [0.25, 0.3) is 0 Å². The zero-order chi connectivity index (χ0) is 12.8. The molecular formula is C12H15BrN2O2. The van der Waals surface area contributed by atoms with Gasteiger partial charge < -0.3 is 5.32 Å². The first-order chi connectivity index (χ1) is 8.02. The molecule has 0 aliphatic heterocycles. The number of hydrogen-bond acceptors (Lipinski definition) is 3. The van der Waals surface area contributed by atoms with Gasteiger partial charge in [0.15, 0.2) is 0 Å². The fourth-order valence-electron chi connectivity index (χ4n) is 1.33. The van der Waals surface area contributed by atoms with Gasteiger partial charge in [-0.05, 0) is 35.3 Å². The molecule has 0 unspecified atom stereocenters. The number of benzene rings is 1. The van der Waals surface area contributed by atoms with Crippen LogP contribution < -0.4 is 5.32 Å². The second-order valence-electron chi connectivity index (χ2n) is 3.92. The molecule has 0 aliphatic carbocycles. The molecular weight excluding hydrogens is 284 g/mol. The van der Waals surface area contributed by atoms with Crippen molar-refractivity contribution < 1.29 is 4.92 Å². The van der Waals surface area contributed by atoms with Crippen LogP contribution in [0.5, 0.6) is 0 Å². The first kappa shape index (κ1) is 13.9. The summed E-state index contributed by atoms with van der Waals surface area (Å²) in [5.74, 6) is 0. The van der Waals surface area contributed by atoms with Crippen molar-refractivity contribution in [1.82, 2.24) is 5.32 Å². The minimum Gasteiger partial charge on any atom is -0.309 e. The largest absolute Gasteiger partial charge is 0.309 e. The second-order valence-corrected chi connectivity index (χ2v) is 4.71. The van der Waals surface area contributed by atoms with Gasteiger partial charge in [-0.25, -0.2) is 0 Å². The molecule has 0 aliphatic rings. The van der Waals surface area contributed by atoms with Gasteiger partial charge in [-0.3, -0.25) is 10.1 Å². The van der Waals surface area contributed by atoms with Gasteiger partial charge in [0.1, 0.15) is 0 Å². The van der Waals surface area contributed by atoms with Gasteiger partial charge >= 0.3 is 0 Å². The van der Waals surface area contributed by atoms with E-state index in [-0.39, 0.29) is 10.6 Å². The van der Waals surface area contributed by atoms with Gasteiger partial charge in [0.2, 0.25) is 0 Å². The lowest BCUT2D eigenvalue weighted by molar-refractivity contribution is -0.385. The van der Waals surface area contributed by atoms with Crippen LogP contribution in [0.2, 0.25) is 0 Å². The maximum absolute atomic E-state index is 10.7. The highest BCUT2D eigenvalue weighted by atomic mass is 79.9. The number of nitrogens with one attached hydrogen (secondary N) is 1. The average Bonchev–Trinajstić information content (AvgIpc) is 2.25. The highest BCUT2D eigenvalue weighted by molar-refractivity contribution is 9.10. The zero-order valence-electron chi connectivity index (χ0n) is 9.87. The molecule has 0 saturated heterocycles. The summed E-state index contributed by atoms with van der Waals surface area (Å²) >= 11 is 3.27. The Labute approximate surface area is 109 Å². The number of halogens is 1. The van der Waals surface area contributed by atoms with E-state index in [0.29, 0.717) is 11.0 Å². The number of allylic oxidation sites excluding steroid dienone is 1. The fraction of sp³-hybridized carbons (Fsp3) is 0.333. The minimum atomic E-state index is -0.385. The van der Waals surface area contributed by atoms with Crippen molar-refractivity contribution in [3.05, 3.63) is 50.0 Å². The first-order valence-electron chi connectivity index (χ1n) is 5.28. The number of rotatable bonds is 5. The molecule has 0 fully saturated rings. The minimum absolute atomic E-state index is 0.103. The Morgan fingerprint density at radius 2 is 2.24 bits per heavy atom. The summed E-state index contributed by atoms with van der Waals surface area (Å²) in [5.41, 5.74) is 2.24. The van der Waals surface area contributed by atoms with E-state index in [1.165, 1.54) is 11.6 Å². The molecule has 0 atom stereocenters. The third kappa shape index (κ3) is 4.28.